The smallest absolute Gasteiger partial charge is 0.296 e. The van der Waals surface area contributed by atoms with E-state index in [1.165, 1.54) is 20.1 Å². The van der Waals surface area contributed by atoms with E-state index in [4.69, 9.17) is 15.0 Å². The number of nitrogen functional groups attached to an aromatic ring is 1. The van der Waals surface area contributed by atoms with Crippen molar-refractivity contribution in [3.8, 4) is 5.75 Å². The molecule has 1 aromatic rings. The molecule has 0 spiro atoms. The maximum Gasteiger partial charge on any atom is 0.296 e. The lowest BCUT2D eigenvalue weighted by atomic mass is 10.2. The molecule has 94 valence electrons. The van der Waals surface area contributed by atoms with E-state index < -0.39 is 20.9 Å². The first kappa shape index (κ1) is 13.3. The quantitative estimate of drug-likeness (QED) is 0.537. The lowest BCUT2D eigenvalue weighted by Gasteiger charge is -2.11. The summed E-state index contributed by atoms with van der Waals surface area (Å²) in [6, 6.07) is 2.24. The molecule has 0 aliphatic heterocycles. The standard InChI is InChI=1S/C9H12N2O5S/c1-5(12)11-7-3-6(10)8(16-2)4-9(7)17(13,14)15/h3-4H,10H2,1-2H3,(H,11,12)(H,13,14,15). The second-order valence-electron chi connectivity index (χ2n) is 3.25. The minimum Gasteiger partial charge on any atom is -0.495 e. The van der Waals surface area contributed by atoms with Gasteiger partial charge in [-0.25, -0.2) is 0 Å². The zero-order chi connectivity index (χ0) is 13.2. The maximum absolute atomic E-state index is 11.1. The van der Waals surface area contributed by atoms with E-state index in [0.717, 1.165) is 6.07 Å². The molecule has 17 heavy (non-hydrogen) atoms. The molecule has 0 heterocycles. The summed E-state index contributed by atoms with van der Waals surface area (Å²) in [4.78, 5) is 10.4. The van der Waals surface area contributed by atoms with Crippen LogP contribution in [0.25, 0.3) is 0 Å². The summed E-state index contributed by atoms with van der Waals surface area (Å²) in [5, 5.41) is 2.26. The fraction of sp³-hybridized carbons (Fsp3) is 0.222. The van der Waals surface area contributed by atoms with E-state index in [1.807, 2.05) is 0 Å². The predicted molar refractivity (Wildman–Crippen MR) is 61.5 cm³/mol. The van der Waals surface area contributed by atoms with Crippen LogP contribution in [-0.4, -0.2) is 26.0 Å². The van der Waals surface area contributed by atoms with Crippen molar-refractivity contribution in [1.29, 1.82) is 0 Å². The van der Waals surface area contributed by atoms with Gasteiger partial charge in [0.25, 0.3) is 10.1 Å². The summed E-state index contributed by atoms with van der Waals surface area (Å²) in [5.41, 5.74) is 5.61. The van der Waals surface area contributed by atoms with Gasteiger partial charge in [-0.2, -0.15) is 8.42 Å². The number of hydrogen-bond donors (Lipinski definition) is 3. The highest BCUT2D eigenvalue weighted by atomic mass is 32.2. The van der Waals surface area contributed by atoms with Gasteiger partial charge in [-0.1, -0.05) is 0 Å². The maximum atomic E-state index is 11.1. The number of ether oxygens (including phenoxy) is 1. The third-order valence-electron chi connectivity index (χ3n) is 1.92. The third-order valence-corrected chi connectivity index (χ3v) is 2.81. The van der Waals surface area contributed by atoms with Gasteiger partial charge in [-0.05, 0) is 6.07 Å². The van der Waals surface area contributed by atoms with Gasteiger partial charge in [-0.3, -0.25) is 9.35 Å². The van der Waals surface area contributed by atoms with Crippen molar-refractivity contribution >= 4 is 27.4 Å². The number of carbonyl (C=O) groups is 1. The number of methoxy groups -OCH3 is 1. The van der Waals surface area contributed by atoms with Crippen molar-refractivity contribution in [2.24, 2.45) is 0 Å². The van der Waals surface area contributed by atoms with Crippen LogP contribution < -0.4 is 15.8 Å². The highest BCUT2D eigenvalue weighted by Crippen LogP contribution is 2.31. The van der Waals surface area contributed by atoms with Crippen LogP contribution in [0.3, 0.4) is 0 Å². The molecule has 0 unspecified atom stereocenters. The minimum atomic E-state index is -4.48. The average Bonchev–Trinajstić information content (AvgIpc) is 2.14. The Labute approximate surface area is 98.3 Å². The molecule has 0 radical (unpaired) electrons. The highest BCUT2D eigenvalue weighted by Gasteiger charge is 2.19. The summed E-state index contributed by atoms with van der Waals surface area (Å²) < 4.78 is 36.1. The Morgan fingerprint density at radius 1 is 1.47 bits per heavy atom. The number of anilines is 2. The molecule has 0 aromatic heterocycles. The second kappa shape index (κ2) is 4.60. The predicted octanol–water partition coefficient (Wildman–Crippen LogP) is 0.483. The summed E-state index contributed by atoms with van der Waals surface area (Å²) in [6.45, 7) is 1.20. The van der Waals surface area contributed by atoms with Crippen molar-refractivity contribution in [3.63, 3.8) is 0 Å². The molecule has 1 rings (SSSR count). The monoisotopic (exact) mass is 260 g/mol. The molecule has 1 amide bonds. The molecular weight excluding hydrogens is 248 g/mol. The lowest BCUT2D eigenvalue weighted by molar-refractivity contribution is -0.114. The van der Waals surface area contributed by atoms with Crippen molar-refractivity contribution < 1.29 is 22.5 Å². The molecular formula is C9H12N2O5S. The number of carbonyl (C=O) groups excluding carboxylic acids is 1. The van der Waals surface area contributed by atoms with Crippen molar-refractivity contribution in [1.82, 2.24) is 0 Å². The van der Waals surface area contributed by atoms with Gasteiger partial charge in [-0.15, -0.1) is 0 Å². The average molecular weight is 260 g/mol. The molecule has 0 saturated carbocycles. The fourth-order valence-electron chi connectivity index (χ4n) is 1.26. The number of nitrogens with two attached hydrogens (primary N) is 1. The van der Waals surface area contributed by atoms with Crippen molar-refractivity contribution in [2.45, 2.75) is 11.8 Å². The molecule has 0 atom stereocenters. The van der Waals surface area contributed by atoms with Crippen LogP contribution in [0.2, 0.25) is 0 Å². The van der Waals surface area contributed by atoms with E-state index >= 15 is 0 Å². The Bertz CT molecular complexity index is 553. The molecule has 8 heteroatoms. The molecule has 0 saturated heterocycles. The number of rotatable bonds is 3. The van der Waals surface area contributed by atoms with Gasteiger partial charge in [0.15, 0.2) is 0 Å². The number of nitrogens with one attached hydrogen (secondary N) is 1. The number of hydrogen-bond acceptors (Lipinski definition) is 5. The Hall–Kier alpha value is -1.80. The second-order valence-corrected chi connectivity index (χ2v) is 4.64. The molecule has 7 nitrogen and oxygen atoms in total. The largest absolute Gasteiger partial charge is 0.495 e. The highest BCUT2D eigenvalue weighted by molar-refractivity contribution is 7.86. The lowest BCUT2D eigenvalue weighted by Crippen LogP contribution is -2.11. The van der Waals surface area contributed by atoms with Gasteiger partial charge in [0.2, 0.25) is 5.91 Å². The first-order chi connectivity index (χ1) is 7.75. The van der Waals surface area contributed by atoms with Gasteiger partial charge in [0.1, 0.15) is 10.6 Å². The molecule has 4 N–H and O–H groups in total. The normalized spacial score (nSPS) is 11.0. The van der Waals surface area contributed by atoms with E-state index in [1.54, 1.807) is 0 Å². The molecule has 0 aliphatic rings. The van der Waals surface area contributed by atoms with Crippen LogP contribution in [-0.2, 0) is 14.9 Å². The van der Waals surface area contributed by atoms with Crippen LogP contribution in [0.5, 0.6) is 5.75 Å². The van der Waals surface area contributed by atoms with Crippen LogP contribution in [0.4, 0.5) is 11.4 Å². The topological polar surface area (TPSA) is 119 Å². The van der Waals surface area contributed by atoms with Crippen LogP contribution >= 0.6 is 0 Å². The molecule has 0 aliphatic carbocycles. The van der Waals surface area contributed by atoms with Gasteiger partial charge in [0.05, 0.1) is 18.5 Å². The molecule has 1 aromatic carbocycles. The van der Waals surface area contributed by atoms with E-state index in [9.17, 15) is 13.2 Å². The van der Waals surface area contributed by atoms with Crippen LogP contribution in [0.15, 0.2) is 17.0 Å². The SMILES string of the molecule is COc1cc(S(=O)(=O)O)c(NC(C)=O)cc1N. The minimum absolute atomic E-state index is 0.0896. The van der Waals surface area contributed by atoms with Gasteiger partial charge < -0.3 is 15.8 Å². The first-order valence-corrected chi connectivity index (χ1v) is 5.92. The summed E-state index contributed by atoms with van der Waals surface area (Å²) in [7, 11) is -3.18. The van der Waals surface area contributed by atoms with Crippen molar-refractivity contribution in [2.75, 3.05) is 18.2 Å². The third kappa shape index (κ3) is 3.08. The Morgan fingerprint density at radius 2 is 2.06 bits per heavy atom. The zero-order valence-corrected chi connectivity index (χ0v) is 10.0. The van der Waals surface area contributed by atoms with Crippen LogP contribution in [0, 0.1) is 0 Å². The van der Waals surface area contributed by atoms with E-state index in [2.05, 4.69) is 5.32 Å². The van der Waals surface area contributed by atoms with E-state index in [-0.39, 0.29) is 17.1 Å². The molecule has 0 fully saturated rings. The summed E-state index contributed by atoms with van der Waals surface area (Å²) in [5.74, 6) is -0.397. The Morgan fingerprint density at radius 3 is 2.47 bits per heavy atom. The van der Waals surface area contributed by atoms with E-state index in [0.29, 0.717) is 0 Å². The molecule has 0 bridgehead atoms. The Balaban J connectivity index is 3.47. The Kier molecular flexibility index (Phi) is 3.59. The summed E-state index contributed by atoms with van der Waals surface area (Å²) in [6.07, 6.45) is 0. The first-order valence-electron chi connectivity index (χ1n) is 4.48. The van der Waals surface area contributed by atoms with Crippen LogP contribution in [0.1, 0.15) is 6.92 Å². The number of benzene rings is 1. The zero-order valence-electron chi connectivity index (χ0n) is 9.22. The van der Waals surface area contributed by atoms with Gasteiger partial charge in [0, 0.05) is 13.0 Å². The van der Waals surface area contributed by atoms with Crippen molar-refractivity contribution in [3.05, 3.63) is 12.1 Å². The number of amides is 1. The summed E-state index contributed by atoms with van der Waals surface area (Å²) >= 11 is 0. The van der Waals surface area contributed by atoms with Gasteiger partial charge >= 0.3 is 0 Å². The fourth-order valence-corrected chi connectivity index (χ4v) is 1.90.